The lowest BCUT2D eigenvalue weighted by atomic mass is 9.97. The van der Waals surface area contributed by atoms with Crippen LogP contribution in [0.4, 0.5) is 5.69 Å². The average Bonchev–Trinajstić information content (AvgIpc) is 3.18. The number of nitrogens with zero attached hydrogens (tertiary/aromatic N) is 3. The number of amides is 1. The van der Waals surface area contributed by atoms with Crippen molar-refractivity contribution >= 4 is 34.8 Å². The van der Waals surface area contributed by atoms with Crippen molar-refractivity contribution in [1.82, 2.24) is 15.0 Å². The first kappa shape index (κ1) is 19.9. The molecule has 1 aromatic heterocycles. The van der Waals surface area contributed by atoms with Crippen molar-refractivity contribution in [2.45, 2.75) is 19.4 Å². The van der Waals surface area contributed by atoms with Gasteiger partial charge in [0.25, 0.3) is 0 Å². The number of benzene rings is 2. The molecule has 0 radical (unpaired) electrons. The van der Waals surface area contributed by atoms with Gasteiger partial charge in [0.2, 0.25) is 17.6 Å². The molecule has 0 aliphatic carbocycles. The molecule has 0 bridgehead atoms. The molecule has 29 heavy (non-hydrogen) atoms. The van der Waals surface area contributed by atoms with Crippen molar-refractivity contribution in [3.05, 3.63) is 64.5 Å². The van der Waals surface area contributed by atoms with Gasteiger partial charge in [-0.25, -0.2) is 0 Å². The van der Waals surface area contributed by atoms with E-state index in [1.165, 1.54) is 0 Å². The van der Waals surface area contributed by atoms with Crippen LogP contribution in [0.1, 0.15) is 18.7 Å². The molecule has 1 amide bonds. The number of piperidine rings is 1. The number of hydrogen-bond donors (Lipinski definition) is 1. The van der Waals surface area contributed by atoms with Gasteiger partial charge in [0, 0.05) is 27.8 Å². The Morgan fingerprint density at radius 2 is 2.00 bits per heavy atom. The number of rotatable bonds is 5. The number of nitrogens with one attached hydrogen (secondary N) is 1. The van der Waals surface area contributed by atoms with Crippen molar-refractivity contribution in [1.29, 1.82) is 0 Å². The van der Waals surface area contributed by atoms with E-state index >= 15 is 0 Å². The van der Waals surface area contributed by atoms with E-state index in [2.05, 4.69) is 20.4 Å². The van der Waals surface area contributed by atoms with Crippen LogP contribution in [-0.2, 0) is 11.3 Å². The summed E-state index contributed by atoms with van der Waals surface area (Å²) in [4.78, 5) is 19.3. The van der Waals surface area contributed by atoms with Crippen molar-refractivity contribution in [2.75, 3.05) is 18.4 Å². The van der Waals surface area contributed by atoms with Crippen LogP contribution in [0.15, 0.2) is 53.1 Å². The van der Waals surface area contributed by atoms with E-state index in [1.54, 1.807) is 36.4 Å². The van der Waals surface area contributed by atoms with Crippen LogP contribution in [0, 0.1) is 5.92 Å². The molecule has 6 nitrogen and oxygen atoms in total. The van der Waals surface area contributed by atoms with Crippen LogP contribution >= 0.6 is 23.2 Å². The molecule has 150 valence electrons. The number of carbonyl (C=O) groups excluding carboxylic acids is 1. The number of anilines is 1. The van der Waals surface area contributed by atoms with Crippen molar-refractivity contribution in [3.8, 4) is 11.4 Å². The standard InChI is InChI=1S/C21H20Cl2N4O2/c22-16-6-8-18(9-7-16)24-21(28)15-4-2-10-27(12-15)13-19-25-20(26-29-19)14-3-1-5-17(23)11-14/h1,3,5-9,11,15H,2,4,10,12-13H2,(H,24,28). The summed E-state index contributed by atoms with van der Waals surface area (Å²) in [5, 5.41) is 8.28. The van der Waals surface area contributed by atoms with Gasteiger partial charge in [-0.1, -0.05) is 40.5 Å². The Morgan fingerprint density at radius 3 is 2.79 bits per heavy atom. The van der Waals surface area contributed by atoms with Gasteiger partial charge >= 0.3 is 0 Å². The maximum absolute atomic E-state index is 12.6. The fraction of sp³-hybridized carbons (Fsp3) is 0.286. The zero-order chi connectivity index (χ0) is 20.2. The first-order chi connectivity index (χ1) is 14.1. The predicted octanol–water partition coefficient (Wildman–Crippen LogP) is 4.89. The fourth-order valence-electron chi connectivity index (χ4n) is 3.45. The first-order valence-corrected chi connectivity index (χ1v) is 10.2. The largest absolute Gasteiger partial charge is 0.338 e. The Kier molecular flexibility index (Phi) is 6.13. The van der Waals surface area contributed by atoms with Crippen molar-refractivity contribution in [2.24, 2.45) is 5.92 Å². The molecule has 1 N–H and O–H groups in total. The molecule has 0 saturated carbocycles. The number of aromatic nitrogens is 2. The summed E-state index contributed by atoms with van der Waals surface area (Å²) in [5.74, 6) is 0.965. The number of likely N-dealkylation sites (tertiary alicyclic amines) is 1. The molecule has 1 aliphatic heterocycles. The summed E-state index contributed by atoms with van der Waals surface area (Å²) >= 11 is 11.9. The molecule has 1 atom stereocenters. The van der Waals surface area contributed by atoms with Crippen LogP contribution in [0.3, 0.4) is 0 Å². The Morgan fingerprint density at radius 1 is 1.17 bits per heavy atom. The van der Waals surface area contributed by atoms with Gasteiger partial charge in [-0.15, -0.1) is 0 Å². The molecule has 2 heterocycles. The number of carbonyl (C=O) groups is 1. The maximum atomic E-state index is 12.6. The summed E-state index contributed by atoms with van der Waals surface area (Å²) in [5.41, 5.74) is 1.56. The summed E-state index contributed by atoms with van der Waals surface area (Å²) in [6.45, 7) is 2.05. The molecule has 8 heteroatoms. The third-order valence-electron chi connectivity index (χ3n) is 4.90. The summed E-state index contributed by atoms with van der Waals surface area (Å²) in [6, 6.07) is 14.5. The third-order valence-corrected chi connectivity index (χ3v) is 5.38. The lowest BCUT2D eigenvalue weighted by Gasteiger charge is -2.30. The van der Waals surface area contributed by atoms with Gasteiger partial charge in [0.1, 0.15) is 0 Å². The second-order valence-electron chi connectivity index (χ2n) is 7.09. The highest BCUT2D eigenvalue weighted by Gasteiger charge is 2.27. The van der Waals surface area contributed by atoms with Crippen LogP contribution < -0.4 is 5.32 Å². The third kappa shape index (κ3) is 5.15. The summed E-state index contributed by atoms with van der Waals surface area (Å²) in [7, 11) is 0. The fourth-order valence-corrected chi connectivity index (χ4v) is 3.76. The Bertz CT molecular complexity index is 990. The van der Waals surface area contributed by atoms with Gasteiger partial charge in [-0.2, -0.15) is 4.98 Å². The SMILES string of the molecule is O=C(Nc1ccc(Cl)cc1)C1CCCN(Cc2nc(-c3cccc(Cl)c3)no2)C1. The molecular weight excluding hydrogens is 411 g/mol. The maximum Gasteiger partial charge on any atom is 0.241 e. The highest BCUT2D eigenvalue weighted by molar-refractivity contribution is 6.31. The van der Waals surface area contributed by atoms with Crippen LogP contribution in [0.2, 0.25) is 10.0 Å². The zero-order valence-electron chi connectivity index (χ0n) is 15.6. The number of halogens is 2. The van der Waals surface area contributed by atoms with Crippen LogP contribution in [0.5, 0.6) is 0 Å². The Hall–Kier alpha value is -2.41. The van der Waals surface area contributed by atoms with E-state index in [1.807, 2.05) is 12.1 Å². The molecule has 3 aromatic rings. The average molecular weight is 431 g/mol. The van der Waals surface area contributed by atoms with E-state index in [4.69, 9.17) is 27.7 Å². The van der Waals surface area contributed by atoms with E-state index in [-0.39, 0.29) is 11.8 Å². The molecule has 1 saturated heterocycles. The van der Waals surface area contributed by atoms with E-state index < -0.39 is 0 Å². The monoisotopic (exact) mass is 430 g/mol. The molecule has 1 unspecified atom stereocenters. The smallest absolute Gasteiger partial charge is 0.241 e. The van der Waals surface area contributed by atoms with Gasteiger partial charge in [-0.05, 0) is 55.8 Å². The minimum absolute atomic E-state index is 0.0159. The molecular formula is C21H20Cl2N4O2. The highest BCUT2D eigenvalue weighted by Crippen LogP contribution is 2.23. The van der Waals surface area contributed by atoms with Crippen molar-refractivity contribution in [3.63, 3.8) is 0 Å². The van der Waals surface area contributed by atoms with E-state index in [0.717, 1.165) is 30.6 Å². The minimum Gasteiger partial charge on any atom is -0.338 e. The zero-order valence-corrected chi connectivity index (χ0v) is 17.2. The van der Waals surface area contributed by atoms with Gasteiger partial charge < -0.3 is 9.84 Å². The van der Waals surface area contributed by atoms with Crippen molar-refractivity contribution < 1.29 is 9.32 Å². The molecule has 4 rings (SSSR count). The van der Waals surface area contributed by atoms with Crippen LogP contribution in [0.25, 0.3) is 11.4 Å². The quantitative estimate of drug-likeness (QED) is 0.623. The normalized spacial score (nSPS) is 17.2. The second-order valence-corrected chi connectivity index (χ2v) is 7.97. The Balaban J connectivity index is 1.36. The molecule has 1 fully saturated rings. The Labute approximate surface area is 178 Å². The van der Waals surface area contributed by atoms with Gasteiger partial charge in [-0.3, -0.25) is 9.69 Å². The molecule has 1 aliphatic rings. The second kappa shape index (κ2) is 8.95. The van der Waals surface area contributed by atoms with E-state index in [0.29, 0.717) is 34.8 Å². The lowest BCUT2D eigenvalue weighted by Crippen LogP contribution is -2.40. The topological polar surface area (TPSA) is 71.3 Å². The lowest BCUT2D eigenvalue weighted by molar-refractivity contribution is -0.121. The van der Waals surface area contributed by atoms with Crippen LogP contribution in [-0.4, -0.2) is 34.0 Å². The predicted molar refractivity (Wildman–Crippen MR) is 113 cm³/mol. The molecule has 2 aromatic carbocycles. The minimum atomic E-state index is -0.0882. The highest BCUT2D eigenvalue weighted by atomic mass is 35.5. The van der Waals surface area contributed by atoms with Gasteiger partial charge in [0.15, 0.2) is 0 Å². The number of hydrogen-bond acceptors (Lipinski definition) is 5. The summed E-state index contributed by atoms with van der Waals surface area (Å²) in [6.07, 6.45) is 1.79. The van der Waals surface area contributed by atoms with E-state index in [9.17, 15) is 4.79 Å². The molecule has 0 spiro atoms. The summed E-state index contributed by atoms with van der Waals surface area (Å²) < 4.78 is 5.41. The first-order valence-electron chi connectivity index (χ1n) is 9.44. The van der Waals surface area contributed by atoms with Gasteiger partial charge in [0.05, 0.1) is 12.5 Å².